The quantitative estimate of drug-likeness (QED) is 0.586. The Hall–Kier alpha value is -1.91. The maximum absolute atomic E-state index is 10.8. The summed E-state index contributed by atoms with van der Waals surface area (Å²) in [6, 6.07) is 4.74. The molecule has 0 aliphatic carbocycles. The van der Waals surface area contributed by atoms with Gasteiger partial charge in [-0.2, -0.15) is 0 Å². The summed E-state index contributed by atoms with van der Waals surface area (Å²) in [6.07, 6.45) is 2.74. The number of nitro benzene ring substituents is 1. The predicted molar refractivity (Wildman–Crippen MR) is 59.3 cm³/mol. The molecule has 16 heavy (non-hydrogen) atoms. The number of rotatable bonds is 4. The average molecular weight is 220 g/mol. The number of fused-ring (bicyclic) bond motifs is 1. The lowest BCUT2D eigenvalue weighted by atomic mass is 10.2. The van der Waals surface area contributed by atoms with Crippen LogP contribution in [0.15, 0.2) is 22.6 Å². The molecule has 1 aromatic heterocycles. The topological polar surface area (TPSA) is 69.2 Å². The van der Waals surface area contributed by atoms with Gasteiger partial charge in [-0.05, 0) is 12.5 Å². The van der Waals surface area contributed by atoms with Crippen LogP contribution in [0.2, 0.25) is 0 Å². The minimum atomic E-state index is -0.436. The summed E-state index contributed by atoms with van der Waals surface area (Å²) >= 11 is 0. The first kappa shape index (κ1) is 10.6. The van der Waals surface area contributed by atoms with E-state index in [0.717, 1.165) is 19.3 Å². The molecule has 84 valence electrons. The van der Waals surface area contributed by atoms with Gasteiger partial charge in [-0.3, -0.25) is 10.1 Å². The number of aryl methyl sites for hydroxylation is 1. The Morgan fingerprint density at radius 3 is 3.00 bits per heavy atom. The molecule has 1 aromatic carbocycles. The monoisotopic (exact) mass is 220 g/mol. The van der Waals surface area contributed by atoms with Gasteiger partial charge in [0, 0.05) is 12.5 Å². The zero-order valence-electron chi connectivity index (χ0n) is 8.97. The highest BCUT2D eigenvalue weighted by Crippen LogP contribution is 2.25. The van der Waals surface area contributed by atoms with Crippen molar-refractivity contribution in [1.82, 2.24) is 4.98 Å². The molecule has 0 bridgehead atoms. The van der Waals surface area contributed by atoms with Gasteiger partial charge in [0.05, 0.1) is 4.92 Å². The first-order valence-electron chi connectivity index (χ1n) is 5.25. The van der Waals surface area contributed by atoms with Crippen molar-refractivity contribution in [2.24, 2.45) is 0 Å². The molecule has 2 rings (SSSR count). The maximum atomic E-state index is 10.8. The van der Waals surface area contributed by atoms with Gasteiger partial charge >= 0.3 is 0 Å². The van der Waals surface area contributed by atoms with Crippen LogP contribution >= 0.6 is 0 Å². The van der Waals surface area contributed by atoms with E-state index in [1.165, 1.54) is 6.07 Å². The van der Waals surface area contributed by atoms with Crippen LogP contribution in [0.3, 0.4) is 0 Å². The number of unbranched alkanes of at least 4 members (excludes halogenated alkanes) is 1. The number of hydrogen-bond acceptors (Lipinski definition) is 4. The highest BCUT2D eigenvalue weighted by Gasteiger charge is 2.16. The second kappa shape index (κ2) is 4.30. The highest BCUT2D eigenvalue weighted by atomic mass is 16.6. The Kier molecular flexibility index (Phi) is 2.85. The number of oxazole rings is 1. The van der Waals surface area contributed by atoms with Crippen LogP contribution in [0.4, 0.5) is 5.69 Å². The Bertz CT molecular complexity index is 519. The Morgan fingerprint density at radius 1 is 1.50 bits per heavy atom. The van der Waals surface area contributed by atoms with Crippen molar-refractivity contribution in [2.75, 3.05) is 0 Å². The number of nitro groups is 1. The molecular formula is C11H12N2O3. The van der Waals surface area contributed by atoms with E-state index in [0.29, 0.717) is 17.0 Å². The van der Waals surface area contributed by atoms with Crippen molar-refractivity contribution in [1.29, 1.82) is 0 Å². The summed E-state index contributed by atoms with van der Waals surface area (Å²) in [5.41, 5.74) is 0.836. The Balaban J connectivity index is 2.44. The standard InChI is InChI=1S/C11H12N2O3/c1-2-3-7-10-12-11-8(13(14)15)5-4-6-9(11)16-10/h4-6H,2-3,7H2,1H3. The third kappa shape index (κ3) is 1.88. The van der Waals surface area contributed by atoms with E-state index in [4.69, 9.17) is 4.42 Å². The third-order valence-electron chi connectivity index (χ3n) is 2.38. The second-order valence-corrected chi connectivity index (χ2v) is 3.59. The number of benzene rings is 1. The lowest BCUT2D eigenvalue weighted by Gasteiger charge is -1.89. The molecular weight excluding hydrogens is 208 g/mol. The van der Waals surface area contributed by atoms with Gasteiger partial charge < -0.3 is 4.42 Å². The van der Waals surface area contributed by atoms with Gasteiger partial charge in [0.25, 0.3) is 5.69 Å². The van der Waals surface area contributed by atoms with Crippen molar-refractivity contribution in [3.05, 3.63) is 34.2 Å². The molecule has 0 aliphatic rings. The number of aromatic nitrogens is 1. The Morgan fingerprint density at radius 2 is 2.31 bits per heavy atom. The number of hydrogen-bond donors (Lipinski definition) is 0. The molecule has 0 fully saturated rings. The fraction of sp³-hybridized carbons (Fsp3) is 0.364. The van der Waals surface area contributed by atoms with Crippen LogP contribution in [0, 0.1) is 10.1 Å². The van der Waals surface area contributed by atoms with E-state index >= 15 is 0 Å². The highest BCUT2D eigenvalue weighted by molar-refractivity contribution is 5.82. The van der Waals surface area contributed by atoms with Crippen molar-refractivity contribution in [3.8, 4) is 0 Å². The predicted octanol–water partition coefficient (Wildman–Crippen LogP) is 3.08. The van der Waals surface area contributed by atoms with E-state index in [1.54, 1.807) is 12.1 Å². The molecule has 0 saturated carbocycles. The van der Waals surface area contributed by atoms with E-state index in [2.05, 4.69) is 11.9 Å². The smallest absolute Gasteiger partial charge is 0.298 e. The number of nitrogens with zero attached hydrogens (tertiary/aromatic N) is 2. The molecule has 2 aromatic rings. The molecule has 0 unspecified atom stereocenters. The van der Waals surface area contributed by atoms with Gasteiger partial charge in [0.2, 0.25) is 0 Å². The largest absolute Gasteiger partial charge is 0.440 e. The molecule has 0 saturated heterocycles. The average Bonchev–Trinajstić information content (AvgIpc) is 2.68. The number of non-ortho nitro benzene ring substituents is 1. The van der Waals surface area contributed by atoms with E-state index < -0.39 is 4.92 Å². The normalized spacial score (nSPS) is 10.8. The number of para-hydroxylation sites is 1. The summed E-state index contributed by atoms with van der Waals surface area (Å²) < 4.78 is 5.45. The molecule has 0 spiro atoms. The van der Waals surface area contributed by atoms with Crippen molar-refractivity contribution in [2.45, 2.75) is 26.2 Å². The van der Waals surface area contributed by atoms with Crippen LogP contribution in [0.5, 0.6) is 0 Å². The van der Waals surface area contributed by atoms with Crippen molar-refractivity contribution >= 4 is 16.8 Å². The SMILES string of the molecule is CCCCc1nc2c([N+](=O)[O-])cccc2o1. The molecule has 0 radical (unpaired) electrons. The van der Waals surface area contributed by atoms with Gasteiger partial charge in [0.15, 0.2) is 17.0 Å². The summed E-state index contributed by atoms with van der Waals surface area (Å²) in [7, 11) is 0. The van der Waals surface area contributed by atoms with Crippen LogP contribution in [-0.4, -0.2) is 9.91 Å². The van der Waals surface area contributed by atoms with Crippen LogP contribution in [-0.2, 0) is 6.42 Å². The third-order valence-corrected chi connectivity index (χ3v) is 2.38. The van der Waals surface area contributed by atoms with E-state index in [1.807, 2.05) is 0 Å². The maximum Gasteiger partial charge on any atom is 0.298 e. The lowest BCUT2D eigenvalue weighted by molar-refractivity contribution is -0.383. The molecule has 1 heterocycles. The van der Waals surface area contributed by atoms with Crippen LogP contribution in [0.25, 0.3) is 11.1 Å². The van der Waals surface area contributed by atoms with Crippen molar-refractivity contribution < 1.29 is 9.34 Å². The summed E-state index contributed by atoms with van der Waals surface area (Å²) in [5.74, 6) is 0.575. The molecule has 0 atom stereocenters. The minimum Gasteiger partial charge on any atom is -0.440 e. The molecule has 5 heteroatoms. The molecule has 0 aliphatic heterocycles. The second-order valence-electron chi connectivity index (χ2n) is 3.59. The fourth-order valence-corrected chi connectivity index (χ4v) is 1.56. The summed E-state index contributed by atoms with van der Waals surface area (Å²) in [6.45, 7) is 2.07. The first-order valence-corrected chi connectivity index (χ1v) is 5.25. The first-order chi connectivity index (χ1) is 7.72. The van der Waals surface area contributed by atoms with E-state index in [-0.39, 0.29) is 5.69 Å². The Labute approximate surface area is 92.2 Å². The zero-order chi connectivity index (χ0) is 11.5. The molecule has 0 amide bonds. The molecule has 0 N–H and O–H groups in total. The zero-order valence-corrected chi connectivity index (χ0v) is 8.97. The van der Waals surface area contributed by atoms with Crippen LogP contribution in [0.1, 0.15) is 25.7 Å². The summed E-state index contributed by atoms with van der Waals surface area (Å²) in [4.78, 5) is 14.5. The van der Waals surface area contributed by atoms with Gasteiger partial charge in [-0.1, -0.05) is 19.4 Å². The lowest BCUT2D eigenvalue weighted by Crippen LogP contribution is -1.89. The van der Waals surface area contributed by atoms with Crippen LogP contribution < -0.4 is 0 Å². The van der Waals surface area contributed by atoms with Crippen molar-refractivity contribution in [3.63, 3.8) is 0 Å². The fourth-order valence-electron chi connectivity index (χ4n) is 1.56. The minimum absolute atomic E-state index is 0.00370. The van der Waals surface area contributed by atoms with E-state index in [9.17, 15) is 10.1 Å². The van der Waals surface area contributed by atoms with Gasteiger partial charge in [-0.25, -0.2) is 4.98 Å². The van der Waals surface area contributed by atoms with Gasteiger partial charge in [0.1, 0.15) is 0 Å². The summed E-state index contributed by atoms with van der Waals surface area (Å²) in [5, 5.41) is 10.8. The molecule has 5 nitrogen and oxygen atoms in total. The van der Waals surface area contributed by atoms with Gasteiger partial charge in [-0.15, -0.1) is 0 Å².